The van der Waals surface area contributed by atoms with Crippen LogP contribution in [0.1, 0.15) is 37.9 Å². The molecule has 0 aromatic heterocycles. The molecular formula is C29H31N3O3. The fourth-order valence-corrected chi connectivity index (χ4v) is 4.86. The summed E-state index contributed by atoms with van der Waals surface area (Å²) < 4.78 is 6.38. The van der Waals surface area contributed by atoms with Gasteiger partial charge in [0.25, 0.3) is 11.8 Å². The van der Waals surface area contributed by atoms with Crippen LogP contribution in [0.25, 0.3) is 0 Å². The number of carbonyl (C=O) groups excluding carboxylic acids is 2. The molecule has 2 amide bonds. The Morgan fingerprint density at radius 3 is 1.57 bits per heavy atom. The van der Waals surface area contributed by atoms with Gasteiger partial charge in [0, 0.05) is 45.8 Å². The molecule has 0 radical (unpaired) electrons. The van der Waals surface area contributed by atoms with Crippen LogP contribution in [-0.2, 0) is 4.74 Å². The number of carbonyl (C=O) groups is 2. The molecule has 6 heteroatoms. The van der Waals surface area contributed by atoms with E-state index in [2.05, 4.69) is 58.3 Å². The molecule has 5 rings (SSSR count). The molecular weight excluding hydrogens is 438 g/mol. The average Bonchev–Trinajstić information content (AvgIpc) is 3.16. The van der Waals surface area contributed by atoms with Crippen molar-refractivity contribution in [3.05, 3.63) is 107 Å². The van der Waals surface area contributed by atoms with Gasteiger partial charge in [-0.15, -0.1) is 0 Å². The second kappa shape index (κ2) is 11.0. The number of hydrogen-bond acceptors (Lipinski definition) is 5. The Kier molecular flexibility index (Phi) is 7.33. The summed E-state index contributed by atoms with van der Waals surface area (Å²) in [5.74, 6) is -0.347. The summed E-state index contributed by atoms with van der Waals surface area (Å²) in [4.78, 5) is 31.3. The summed E-state index contributed by atoms with van der Waals surface area (Å²) >= 11 is 0. The van der Waals surface area contributed by atoms with Crippen molar-refractivity contribution < 1.29 is 14.3 Å². The summed E-state index contributed by atoms with van der Waals surface area (Å²) in [7, 11) is 0. The third-order valence-corrected chi connectivity index (χ3v) is 6.88. The van der Waals surface area contributed by atoms with Gasteiger partial charge in [-0.25, -0.2) is 0 Å². The molecule has 0 bridgehead atoms. The zero-order valence-electron chi connectivity index (χ0n) is 19.9. The minimum Gasteiger partial charge on any atom is -0.367 e. The van der Waals surface area contributed by atoms with Crippen molar-refractivity contribution in [3.63, 3.8) is 0 Å². The van der Waals surface area contributed by atoms with E-state index < -0.39 is 0 Å². The maximum absolute atomic E-state index is 12.6. The molecule has 35 heavy (non-hydrogen) atoms. The number of piperazine rings is 1. The van der Waals surface area contributed by atoms with Gasteiger partial charge in [-0.05, 0) is 23.3 Å². The highest BCUT2D eigenvalue weighted by molar-refractivity contribution is 6.21. The van der Waals surface area contributed by atoms with Crippen LogP contribution in [0.3, 0.4) is 0 Å². The lowest BCUT2D eigenvalue weighted by Gasteiger charge is -2.35. The van der Waals surface area contributed by atoms with Gasteiger partial charge < -0.3 is 4.74 Å². The van der Waals surface area contributed by atoms with Crippen molar-refractivity contribution in [3.8, 4) is 0 Å². The summed E-state index contributed by atoms with van der Waals surface area (Å²) in [5, 5.41) is 0. The van der Waals surface area contributed by atoms with Crippen LogP contribution in [0.4, 0.5) is 0 Å². The van der Waals surface area contributed by atoms with E-state index in [1.165, 1.54) is 4.90 Å². The van der Waals surface area contributed by atoms with Crippen molar-refractivity contribution in [1.82, 2.24) is 14.7 Å². The lowest BCUT2D eigenvalue weighted by Crippen LogP contribution is -2.49. The number of benzene rings is 3. The predicted molar refractivity (Wildman–Crippen MR) is 135 cm³/mol. The smallest absolute Gasteiger partial charge is 0.261 e. The van der Waals surface area contributed by atoms with Gasteiger partial charge in [0.2, 0.25) is 0 Å². The van der Waals surface area contributed by atoms with Gasteiger partial charge >= 0.3 is 0 Å². The van der Waals surface area contributed by atoms with Crippen LogP contribution < -0.4 is 0 Å². The van der Waals surface area contributed by atoms with Crippen molar-refractivity contribution >= 4 is 11.8 Å². The zero-order chi connectivity index (χ0) is 24.0. The SMILES string of the molecule is O=C1c2ccccc2C(=O)N1CCN1CCN(CCOC(c2ccccc2)c2ccccc2)CC1. The fourth-order valence-electron chi connectivity index (χ4n) is 4.86. The monoisotopic (exact) mass is 469 g/mol. The van der Waals surface area contributed by atoms with Gasteiger partial charge in [-0.1, -0.05) is 72.8 Å². The van der Waals surface area contributed by atoms with Gasteiger partial charge in [-0.2, -0.15) is 0 Å². The Morgan fingerprint density at radius 1 is 0.600 bits per heavy atom. The first-order chi connectivity index (χ1) is 17.2. The molecule has 0 aliphatic carbocycles. The molecule has 2 aliphatic rings. The number of ether oxygens (including phenoxy) is 1. The molecule has 0 N–H and O–H groups in total. The molecule has 0 unspecified atom stereocenters. The van der Waals surface area contributed by atoms with Crippen molar-refractivity contribution in [2.75, 3.05) is 52.4 Å². The number of imide groups is 1. The fraction of sp³-hybridized carbons (Fsp3) is 0.310. The molecule has 2 heterocycles. The number of nitrogens with zero attached hydrogens (tertiary/aromatic N) is 3. The van der Waals surface area contributed by atoms with Crippen LogP contribution in [0.15, 0.2) is 84.9 Å². The number of amides is 2. The standard InChI is InChI=1S/C29H31N3O3/c33-28-25-13-7-8-14-26(25)29(34)32(28)20-19-30-15-17-31(18-16-30)21-22-35-27(23-9-3-1-4-10-23)24-11-5-2-6-12-24/h1-14,27H,15-22H2. The molecule has 3 aromatic rings. The number of fused-ring (bicyclic) bond motifs is 1. The van der Waals surface area contributed by atoms with Crippen LogP contribution >= 0.6 is 0 Å². The maximum Gasteiger partial charge on any atom is 0.261 e. The van der Waals surface area contributed by atoms with E-state index in [1.807, 2.05) is 12.1 Å². The Morgan fingerprint density at radius 2 is 1.06 bits per heavy atom. The molecule has 0 saturated carbocycles. The highest BCUT2D eigenvalue weighted by Crippen LogP contribution is 2.26. The first-order valence-corrected chi connectivity index (χ1v) is 12.3. The van der Waals surface area contributed by atoms with E-state index >= 15 is 0 Å². The van der Waals surface area contributed by atoms with Crippen molar-refractivity contribution in [2.24, 2.45) is 0 Å². The van der Waals surface area contributed by atoms with E-state index in [1.54, 1.807) is 24.3 Å². The first-order valence-electron chi connectivity index (χ1n) is 12.3. The maximum atomic E-state index is 12.6. The highest BCUT2D eigenvalue weighted by atomic mass is 16.5. The van der Waals surface area contributed by atoms with Gasteiger partial charge in [0.15, 0.2) is 0 Å². The largest absolute Gasteiger partial charge is 0.367 e. The second-order valence-electron chi connectivity index (χ2n) is 9.06. The lowest BCUT2D eigenvalue weighted by molar-refractivity contribution is 0.0426. The van der Waals surface area contributed by atoms with E-state index in [0.29, 0.717) is 30.8 Å². The van der Waals surface area contributed by atoms with E-state index in [0.717, 1.165) is 43.9 Å². The highest BCUT2D eigenvalue weighted by Gasteiger charge is 2.35. The number of rotatable bonds is 9. The average molecular weight is 470 g/mol. The van der Waals surface area contributed by atoms with Crippen molar-refractivity contribution in [1.29, 1.82) is 0 Å². The molecule has 2 aliphatic heterocycles. The zero-order valence-corrected chi connectivity index (χ0v) is 19.9. The summed E-state index contributed by atoms with van der Waals surface area (Å²) in [6.07, 6.45) is -0.0710. The second-order valence-corrected chi connectivity index (χ2v) is 9.06. The van der Waals surface area contributed by atoms with Crippen LogP contribution in [0.2, 0.25) is 0 Å². The van der Waals surface area contributed by atoms with Crippen LogP contribution in [-0.4, -0.2) is 78.9 Å². The normalized spacial score (nSPS) is 16.8. The first kappa shape index (κ1) is 23.4. The predicted octanol–water partition coefficient (Wildman–Crippen LogP) is 3.71. The third-order valence-electron chi connectivity index (χ3n) is 6.88. The minimum atomic E-state index is -0.173. The van der Waals surface area contributed by atoms with Crippen LogP contribution in [0, 0.1) is 0 Å². The third kappa shape index (κ3) is 5.35. The Bertz CT molecular complexity index is 1070. The molecule has 1 saturated heterocycles. The Hall–Kier alpha value is -3.32. The van der Waals surface area contributed by atoms with E-state index in [-0.39, 0.29) is 17.9 Å². The minimum absolute atomic E-state index is 0.0710. The molecule has 1 fully saturated rings. The molecule has 3 aromatic carbocycles. The quantitative estimate of drug-likeness (QED) is 0.447. The summed E-state index contributed by atoms with van der Waals surface area (Å²) in [6.45, 7) is 6.42. The van der Waals surface area contributed by atoms with Gasteiger partial charge in [-0.3, -0.25) is 24.3 Å². The topological polar surface area (TPSA) is 53.1 Å². The molecule has 0 atom stereocenters. The molecule has 180 valence electrons. The summed E-state index contributed by atoms with van der Waals surface area (Å²) in [5.41, 5.74) is 3.37. The van der Waals surface area contributed by atoms with E-state index in [9.17, 15) is 9.59 Å². The summed E-state index contributed by atoms with van der Waals surface area (Å²) in [6, 6.07) is 27.8. The molecule has 6 nitrogen and oxygen atoms in total. The van der Waals surface area contributed by atoms with Crippen molar-refractivity contribution in [2.45, 2.75) is 6.10 Å². The number of hydrogen-bond donors (Lipinski definition) is 0. The Balaban J connectivity index is 1.07. The van der Waals surface area contributed by atoms with Gasteiger partial charge in [0.1, 0.15) is 6.10 Å². The lowest BCUT2D eigenvalue weighted by atomic mass is 10.0. The van der Waals surface area contributed by atoms with Gasteiger partial charge in [0.05, 0.1) is 17.7 Å². The van der Waals surface area contributed by atoms with E-state index in [4.69, 9.17) is 4.74 Å². The Labute approximate surface area is 206 Å². The molecule has 0 spiro atoms. The van der Waals surface area contributed by atoms with Crippen LogP contribution in [0.5, 0.6) is 0 Å².